The Hall–Kier alpha value is -0.990. The lowest BCUT2D eigenvalue weighted by molar-refractivity contribution is -0.141. The van der Waals surface area contributed by atoms with Gasteiger partial charge in [0.15, 0.2) is 0 Å². The van der Waals surface area contributed by atoms with Crippen molar-refractivity contribution in [2.24, 2.45) is 5.92 Å². The number of nitrogens with zero attached hydrogens (tertiary/aromatic N) is 1. The van der Waals surface area contributed by atoms with Crippen molar-refractivity contribution in [1.29, 1.82) is 0 Å². The van der Waals surface area contributed by atoms with Crippen molar-refractivity contribution < 1.29 is 9.90 Å². The van der Waals surface area contributed by atoms with E-state index >= 15 is 0 Å². The molecule has 0 saturated carbocycles. The Bertz CT molecular complexity index is 260. The lowest BCUT2D eigenvalue weighted by atomic mass is 10.1. The number of fused-ring (bicyclic) bond motifs is 1. The number of rotatable bonds is 1. The summed E-state index contributed by atoms with van der Waals surface area (Å²) in [5.74, 6) is -0.808. The summed E-state index contributed by atoms with van der Waals surface area (Å²) < 4.78 is 0. The summed E-state index contributed by atoms with van der Waals surface area (Å²) in [5.41, 5.74) is 1.28. The second kappa shape index (κ2) is 4.03. The summed E-state index contributed by atoms with van der Waals surface area (Å²) >= 11 is 0. The smallest absolute Gasteiger partial charge is 0.308 e. The zero-order chi connectivity index (χ0) is 9.97. The normalized spacial score (nSPS) is 27.6. The summed E-state index contributed by atoms with van der Waals surface area (Å²) in [7, 11) is 0. The van der Waals surface area contributed by atoms with Gasteiger partial charge in [0.1, 0.15) is 0 Å². The van der Waals surface area contributed by atoms with Crippen LogP contribution < -0.4 is 0 Å². The van der Waals surface area contributed by atoms with Crippen molar-refractivity contribution in [2.75, 3.05) is 13.1 Å². The summed E-state index contributed by atoms with van der Waals surface area (Å²) in [5, 5.41) is 8.95. The van der Waals surface area contributed by atoms with Crippen LogP contribution in [0.5, 0.6) is 0 Å². The van der Waals surface area contributed by atoms with Gasteiger partial charge in [-0.3, -0.25) is 4.79 Å². The van der Waals surface area contributed by atoms with Crippen LogP contribution in [-0.4, -0.2) is 29.1 Å². The fraction of sp³-hybridized carbons (Fsp3) is 0.727. The van der Waals surface area contributed by atoms with Crippen molar-refractivity contribution in [3.63, 3.8) is 0 Å². The van der Waals surface area contributed by atoms with Crippen molar-refractivity contribution in [2.45, 2.75) is 32.1 Å². The predicted octanol–water partition coefficient (Wildman–Crippen LogP) is 1.85. The van der Waals surface area contributed by atoms with Gasteiger partial charge in [0.05, 0.1) is 5.92 Å². The molecular weight excluding hydrogens is 178 g/mol. The number of hydrogen-bond acceptors (Lipinski definition) is 2. The first-order valence-electron chi connectivity index (χ1n) is 5.44. The molecule has 1 unspecified atom stereocenters. The van der Waals surface area contributed by atoms with E-state index in [1.165, 1.54) is 25.0 Å². The van der Waals surface area contributed by atoms with E-state index in [-0.39, 0.29) is 5.92 Å². The number of aliphatic carboxylic acids is 1. The lowest BCUT2D eigenvalue weighted by Crippen LogP contribution is -2.24. The van der Waals surface area contributed by atoms with Crippen LogP contribution in [0.2, 0.25) is 0 Å². The van der Waals surface area contributed by atoms with Gasteiger partial charge in [0, 0.05) is 25.2 Å². The second-order valence-electron chi connectivity index (χ2n) is 4.23. The van der Waals surface area contributed by atoms with E-state index in [2.05, 4.69) is 11.0 Å². The highest BCUT2D eigenvalue weighted by Crippen LogP contribution is 2.29. The molecule has 0 aromatic carbocycles. The predicted molar refractivity (Wildman–Crippen MR) is 53.9 cm³/mol. The molecular formula is C11H17NO2. The molecule has 2 aliphatic heterocycles. The van der Waals surface area contributed by atoms with E-state index in [9.17, 15) is 4.79 Å². The Kier molecular flexibility index (Phi) is 2.75. The molecule has 0 radical (unpaired) electrons. The minimum Gasteiger partial charge on any atom is -0.481 e. The van der Waals surface area contributed by atoms with Gasteiger partial charge >= 0.3 is 5.97 Å². The highest BCUT2D eigenvalue weighted by atomic mass is 16.4. The molecule has 1 N–H and O–H groups in total. The molecule has 1 fully saturated rings. The minimum atomic E-state index is -0.641. The number of allylic oxidation sites excluding steroid dienone is 2. The Balaban J connectivity index is 2.06. The molecule has 0 amide bonds. The minimum absolute atomic E-state index is 0.167. The summed E-state index contributed by atoms with van der Waals surface area (Å²) in [6, 6.07) is 0. The van der Waals surface area contributed by atoms with E-state index < -0.39 is 5.97 Å². The molecule has 0 aliphatic carbocycles. The van der Waals surface area contributed by atoms with Crippen LogP contribution in [0.4, 0.5) is 0 Å². The Morgan fingerprint density at radius 1 is 1.43 bits per heavy atom. The van der Waals surface area contributed by atoms with Gasteiger partial charge in [-0.15, -0.1) is 0 Å². The highest BCUT2D eigenvalue weighted by Gasteiger charge is 2.31. The molecule has 1 saturated heterocycles. The summed E-state index contributed by atoms with van der Waals surface area (Å²) in [6.07, 6.45) is 7.85. The summed E-state index contributed by atoms with van der Waals surface area (Å²) in [4.78, 5) is 13.1. The molecule has 14 heavy (non-hydrogen) atoms. The van der Waals surface area contributed by atoms with Gasteiger partial charge in [-0.25, -0.2) is 0 Å². The van der Waals surface area contributed by atoms with Crippen molar-refractivity contribution >= 4 is 5.97 Å². The fourth-order valence-corrected chi connectivity index (χ4v) is 2.33. The molecule has 0 spiro atoms. The zero-order valence-electron chi connectivity index (χ0n) is 8.41. The molecule has 2 aliphatic rings. The van der Waals surface area contributed by atoms with Gasteiger partial charge in [-0.05, 0) is 19.3 Å². The molecule has 0 bridgehead atoms. The van der Waals surface area contributed by atoms with E-state index in [0.717, 1.165) is 25.9 Å². The Morgan fingerprint density at radius 2 is 2.29 bits per heavy atom. The van der Waals surface area contributed by atoms with Gasteiger partial charge in [-0.2, -0.15) is 0 Å². The van der Waals surface area contributed by atoms with E-state index in [1.54, 1.807) is 0 Å². The first-order valence-corrected chi connectivity index (χ1v) is 5.44. The van der Waals surface area contributed by atoms with Crippen LogP contribution in [-0.2, 0) is 4.79 Å². The van der Waals surface area contributed by atoms with Crippen LogP contribution in [0.1, 0.15) is 32.1 Å². The highest BCUT2D eigenvalue weighted by molar-refractivity contribution is 5.71. The average Bonchev–Trinajstić information content (AvgIpc) is 2.48. The first-order chi connectivity index (χ1) is 6.77. The number of carboxylic acid groups (broad SMARTS) is 1. The van der Waals surface area contributed by atoms with Crippen molar-refractivity contribution in [3.8, 4) is 0 Å². The molecule has 2 rings (SSSR count). The van der Waals surface area contributed by atoms with Crippen LogP contribution in [0, 0.1) is 5.92 Å². The largest absolute Gasteiger partial charge is 0.481 e. The van der Waals surface area contributed by atoms with Crippen LogP contribution in [0.15, 0.2) is 11.8 Å². The van der Waals surface area contributed by atoms with E-state index in [4.69, 9.17) is 5.11 Å². The van der Waals surface area contributed by atoms with Gasteiger partial charge < -0.3 is 10.0 Å². The van der Waals surface area contributed by atoms with Crippen LogP contribution >= 0.6 is 0 Å². The molecule has 3 heteroatoms. The Morgan fingerprint density at radius 3 is 3.07 bits per heavy atom. The molecule has 2 heterocycles. The number of hydrogen-bond donors (Lipinski definition) is 1. The van der Waals surface area contributed by atoms with Crippen molar-refractivity contribution in [3.05, 3.63) is 11.8 Å². The number of carboxylic acids is 1. The molecule has 0 aromatic heterocycles. The van der Waals surface area contributed by atoms with Gasteiger partial charge in [0.25, 0.3) is 0 Å². The zero-order valence-corrected chi connectivity index (χ0v) is 8.41. The van der Waals surface area contributed by atoms with Gasteiger partial charge in [-0.1, -0.05) is 12.5 Å². The van der Waals surface area contributed by atoms with Gasteiger partial charge in [0.2, 0.25) is 0 Å². The Labute approximate surface area is 84.4 Å². The lowest BCUT2D eigenvalue weighted by Gasteiger charge is -2.21. The standard InChI is InChI=1S/C11H17NO2/c13-11(14)9-7-10-5-3-1-2-4-6-12(10)8-9/h5,9H,1-4,6-8H2,(H,13,14). The van der Waals surface area contributed by atoms with E-state index in [1.807, 2.05) is 0 Å². The third kappa shape index (κ3) is 1.91. The maximum Gasteiger partial charge on any atom is 0.308 e. The molecule has 3 nitrogen and oxygen atoms in total. The molecule has 0 aromatic rings. The molecule has 1 atom stereocenters. The van der Waals surface area contributed by atoms with Crippen LogP contribution in [0.25, 0.3) is 0 Å². The second-order valence-corrected chi connectivity index (χ2v) is 4.23. The number of carbonyl (C=O) groups is 1. The fourth-order valence-electron chi connectivity index (χ4n) is 2.33. The SMILES string of the molecule is O=C(O)C1CC2=CCCCCCN2C1. The van der Waals surface area contributed by atoms with Crippen LogP contribution in [0.3, 0.4) is 0 Å². The first kappa shape index (κ1) is 9.56. The van der Waals surface area contributed by atoms with E-state index in [0.29, 0.717) is 0 Å². The summed E-state index contributed by atoms with van der Waals surface area (Å²) in [6.45, 7) is 1.77. The quantitative estimate of drug-likeness (QED) is 0.694. The van der Waals surface area contributed by atoms with Crippen molar-refractivity contribution in [1.82, 2.24) is 4.90 Å². The third-order valence-corrected chi connectivity index (χ3v) is 3.16. The monoisotopic (exact) mass is 195 g/mol. The average molecular weight is 195 g/mol. The maximum absolute atomic E-state index is 10.9. The third-order valence-electron chi connectivity index (χ3n) is 3.16. The topological polar surface area (TPSA) is 40.5 Å². The maximum atomic E-state index is 10.9. The molecule has 78 valence electrons.